The maximum Gasteiger partial charge on any atom is 0.122 e. The molecule has 1 nitrogen and oxygen atoms in total. The van der Waals surface area contributed by atoms with Crippen molar-refractivity contribution in [2.75, 3.05) is 6.61 Å². The first-order valence-corrected chi connectivity index (χ1v) is 4.52. The van der Waals surface area contributed by atoms with Crippen molar-refractivity contribution in [3.8, 4) is 18.1 Å². The minimum absolute atomic E-state index is 0.605. The molecule has 68 valence electrons. The van der Waals surface area contributed by atoms with E-state index in [4.69, 9.17) is 11.2 Å². The van der Waals surface area contributed by atoms with Gasteiger partial charge in [-0.2, -0.15) is 0 Å². The van der Waals surface area contributed by atoms with Crippen LogP contribution in [0.4, 0.5) is 0 Å². The van der Waals surface area contributed by atoms with Gasteiger partial charge in [-0.25, -0.2) is 0 Å². The highest BCUT2D eigenvalue weighted by Gasteiger charge is 1.98. The van der Waals surface area contributed by atoms with Crippen molar-refractivity contribution < 1.29 is 4.74 Å². The van der Waals surface area contributed by atoms with Crippen LogP contribution in [0.3, 0.4) is 0 Å². The van der Waals surface area contributed by atoms with Gasteiger partial charge in [0.2, 0.25) is 0 Å². The van der Waals surface area contributed by atoms with E-state index in [0.29, 0.717) is 13.0 Å². The van der Waals surface area contributed by atoms with E-state index in [2.05, 4.69) is 18.9 Å². The number of aryl methyl sites for hydroxylation is 1. The fourth-order valence-electron chi connectivity index (χ4n) is 1.16. The maximum absolute atomic E-state index is 5.53. The van der Waals surface area contributed by atoms with Crippen LogP contribution in [-0.4, -0.2) is 6.61 Å². The monoisotopic (exact) mass is 174 g/mol. The molecule has 1 heteroatoms. The van der Waals surface area contributed by atoms with E-state index < -0.39 is 0 Å². The largest absolute Gasteiger partial charge is 0.492 e. The van der Waals surface area contributed by atoms with Crippen molar-refractivity contribution in [3.05, 3.63) is 29.8 Å². The van der Waals surface area contributed by atoms with Gasteiger partial charge in [0.05, 0.1) is 6.61 Å². The van der Waals surface area contributed by atoms with Gasteiger partial charge in [0, 0.05) is 6.42 Å². The lowest BCUT2D eigenvalue weighted by Crippen LogP contribution is -1.98. The quantitative estimate of drug-likeness (QED) is 0.503. The molecule has 0 saturated heterocycles. The van der Waals surface area contributed by atoms with E-state index in [1.165, 1.54) is 5.56 Å². The Kier molecular flexibility index (Phi) is 3.92. The third-order valence-electron chi connectivity index (χ3n) is 1.86. The SMILES string of the molecule is C#CCCOc1ccccc1CC. The Labute approximate surface area is 79.7 Å². The highest BCUT2D eigenvalue weighted by atomic mass is 16.5. The standard InChI is InChI=1S/C12H14O/c1-3-5-10-13-12-9-7-6-8-11(12)4-2/h1,6-9H,4-5,10H2,2H3. The predicted octanol–water partition coefficient (Wildman–Crippen LogP) is 2.65. The summed E-state index contributed by atoms with van der Waals surface area (Å²) in [6.45, 7) is 2.72. The van der Waals surface area contributed by atoms with Crippen LogP contribution < -0.4 is 4.74 Å². The summed E-state index contributed by atoms with van der Waals surface area (Å²) in [7, 11) is 0. The summed E-state index contributed by atoms with van der Waals surface area (Å²) < 4.78 is 5.53. The molecule has 1 rings (SSSR count). The van der Waals surface area contributed by atoms with Gasteiger partial charge in [-0.15, -0.1) is 12.3 Å². The lowest BCUT2D eigenvalue weighted by atomic mass is 10.1. The Bertz CT molecular complexity index is 296. The normalized spacial score (nSPS) is 9.23. The van der Waals surface area contributed by atoms with Gasteiger partial charge >= 0.3 is 0 Å². The summed E-state index contributed by atoms with van der Waals surface area (Å²) in [5, 5.41) is 0. The summed E-state index contributed by atoms with van der Waals surface area (Å²) in [5.74, 6) is 3.51. The van der Waals surface area contributed by atoms with Gasteiger partial charge < -0.3 is 4.74 Å². The van der Waals surface area contributed by atoms with Crippen molar-refractivity contribution in [2.24, 2.45) is 0 Å². The molecule has 0 spiro atoms. The molecule has 0 saturated carbocycles. The van der Waals surface area contributed by atoms with Crippen LogP contribution in [0, 0.1) is 12.3 Å². The van der Waals surface area contributed by atoms with Crippen LogP contribution in [0.15, 0.2) is 24.3 Å². The van der Waals surface area contributed by atoms with Gasteiger partial charge in [0.1, 0.15) is 5.75 Å². The van der Waals surface area contributed by atoms with Crippen LogP contribution in [0.25, 0.3) is 0 Å². The molecule has 0 amide bonds. The summed E-state index contributed by atoms with van der Waals surface area (Å²) in [6, 6.07) is 8.05. The summed E-state index contributed by atoms with van der Waals surface area (Å²) in [5.41, 5.74) is 1.24. The first kappa shape index (κ1) is 9.67. The first-order valence-electron chi connectivity index (χ1n) is 4.52. The topological polar surface area (TPSA) is 9.23 Å². The van der Waals surface area contributed by atoms with Crippen molar-refractivity contribution in [3.63, 3.8) is 0 Å². The molecule has 0 fully saturated rings. The number of para-hydroxylation sites is 1. The summed E-state index contributed by atoms with van der Waals surface area (Å²) in [6.07, 6.45) is 6.79. The Hall–Kier alpha value is -1.42. The molecule has 0 radical (unpaired) electrons. The van der Waals surface area contributed by atoms with E-state index in [1.807, 2.05) is 18.2 Å². The molecule has 1 aromatic carbocycles. The minimum Gasteiger partial charge on any atom is -0.492 e. The predicted molar refractivity (Wildman–Crippen MR) is 54.8 cm³/mol. The molecule has 0 atom stereocenters. The lowest BCUT2D eigenvalue weighted by molar-refractivity contribution is 0.324. The minimum atomic E-state index is 0.605. The fraction of sp³-hybridized carbons (Fsp3) is 0.333. The molecule has 0 unspecified atom stereocenters. The van der Waals surface area contributed by atoms with Crippen molar-refractivity contribution >= 4 is 0 Å². The Morgan fingerprint density at radius 3 is 2.85 bits per heavy atom. The highest BCUT2D eigenvalue weighted by Crippen LogP contribution is 2.18. The average Bonchev–Trinajstić information content (AvgIpc) is 2.19. The fourth-order valence-corrected chi connectivity index (χ4v) is 1.16. The van der Waals surface area contributed by atoms with Gasteiger partial charge in [-0.05, 0) is 18.1 Å². The second kappa shape index (κ2) is 5.27. The molecule has 1 aromatic rings. The zero-order valence-electron chi connectivity index (χ0n) is 7.92. The molecule has 0 aromatic heterocycles. The van der Waals surface area contributed by atoms with Gasteiger partial charge in [-0.3, -0.25) is 0 Å². The zero-order chi connectivity index (χ0) is 9.52. The number of hydrogen-bond donors (Lipinski definition) is 0. The first-order chi connectivity index (χ1) is 6.38. The third-order valence-corrected chi connectivity index (χ3v) is 1.86. The van der Waals surface area contributed by atoms with E-state index in [-0.39, 0.29) is 0 Å². The van der Waals surface area contributed by atoms with E-state index >= 15 is 0 Å². The number of ether oxygens (including phenoxy) is 1. The Morgan fingerprint density at radius 1 is 1.38 bits per heavy atom. The highest BCUT2D eigenvalue weighted by molar-refractivity contribution is 5.33. The Balaban J connectivity index is 2.60. The number of hydrogen-bond acceptors (Lipinski definition) is 1. The maximum atomic E-state index is 5.53. The van der Waals surface area contributed by atoms with E-state index in [9.17, 15) is 0 Å². The van der Waals surface area contributed by atoms with Crippen LogP contribution in [-0.2, 0) is 6.42 Å². The van der Waals surface area contributed by atoms with Crippen LogP contribution in [0.5, 0.6) is 5.75 Å². The number of rotatable bonds is 4. The van der Waals surface area contributed by atoms with Crippen molar-refractivity contribution in [1.82, 2.24) is 0 Å². The van der Waals surface area contributed by atoms with Gasteiger partial charge in [0.25, 0.3) is 0 Å². The molecular formula is C12H14O. The zero-order valence-corrected chi connectivity index (χ0v) is 7.92. The molecule has 0 aliphatic heterocycles. The molecule has 0 aliphatic carbocycles. The lowest BCUT2D eigenvalue weighted by Gasteiger charge is -2.08. The van der Waals surface area contributed by atoms with Gasteiger partial charge in [0.15, 0.2) is 0 Å². The molecule has 0 heterocycles. The van der Waals surface area contributed by atoms with E-state index in [0.717, 1.165) is 12.2 Å². The van der Waals surface area contributed by atoms with Gasteiger partial charge in [-0.1, -0.05) is 25.1 Å². The molecule has 0 bridgehead atoms. The molecule has 0 aliphatic rings. The molecule has 13 heavy (non-hydrogen) atoms. The number of benzene rings is 1. The summed E-state index contributed by atoms with van der Waals surface area (Å²) >= 11 is 0. The molecular weight excluding hydrogens is 160 g/mol. The van der Waals surface area contributed by atoms with Crippen molar-refractivity contribution in [2.45, 2.75) is 19.8 Å². The third kappa shape index (κ3) is 2.83. The van der Waals surface area contributed by atoms with Crippen LogP contribution in [0.2, 0.25) is 0 Å². The summed E-state index contributed by atoms with van der Waals surface area (Å²) in [4.78, 5) is 0. The van der Waals surface area contributed by atoms with Crippen molar-refractivity contribution in [1.29, 1.82) is 0 Å². The van der Waals surface area contributed by atoms with Crippen LogP contribution in [0.1, 0.15) is 18.9 Å². The number of terminal acetylenes is 1. The van der Waals surface area contributed by atoms with Crippen LogP contribution >= 0.6 is 0 Å². The smallest absolute Gasteiger partial charge is 0.122 e. The average molecular weight is 174 g/mol. The van der Waals surface area contributed by atoms with E-state index in [1.54, 1.807) is 0 Å². The Morgan fingerprint density at radius 2 is 2.15 bits per heavy atom. The molecule has 0 N–H and O–H groups in total. The second-order valence-electron chi connectivity index (χ2n) is 2.76. The second-order valence-corrected chi connectivity index (χ2v) is 2.76.